The number of carbonyl (C=O) groups excluding carboxylic acids is 4. The molecule has 0 unspecified atom stereocenters. The molecule has 388 valence electrons. The number of pyridine rings is 1. The summed E-state index contributed by atoms with van der Waals surface area (Å²) in [6, 6.07) is 6.88. The van der Waals surface area contributed by atoms with Gasteiger partial charge in [0.25, 0.3) is 0 Å². The normalized spacial score (nSPS) is 27.0. The third kappa shape index (κ3) is 12.8. The standard InChI is InChI=1S/C53H76F3N11O4/c1-35(2)63(3)40-18-20-46(67-25-21-44(52(67)71)61-49-41-30-38(53(54,55)56)15-19-43(41)59-34-60-49)45(31-40)62-50(69)36-13-16-39(17-14-36)66-28-26-65(27-29-66)24-10-8-6-5-7-9-23-58-51(70)42-32-47(68)64(4)48(42)37-12-11-22-57-33-37/h11-12,15,19,22,30,33-36,39-40,42,44-46,48H,5-10,13-14,16-18,20-21,23-29,31-32H2,1-4H3,(H,58,70)(H,62,69)(H,59,60,61)/t36-,39+,40-,42+,44+,45-,46+,48-/m1/s1. The van der Waals surface area contributed by atoms with Crippen molar-refractivity contribution < 1.29 is 32.3 Å². The van der Waals surface area contributed by atoms with E-state index < -0.39 is 23.7 Å². The number of alkyl halides is 3. The Labute approximate surface area is 417 Å². The molecule has 4 amide bonds. The third-order valence-corrected chi connectivity index (χ3v) is 16.6. The summed E-state index contributed by atoms with van der Waals surface area (Å²) in [6.07, 6.45) is 13.7. The molecule has 71 heavy (non-hydrogen) atoms. The highest BCUT2D eigenvalue weighted by molar-refractivity contribution is 5.93. The number of piperazine rings is 1. The maximum Gasteiger partial charge on any atom is 0.416 e. The molecule has 5 aliphatic rings. The predicted octanol–water partition coefficient (Wildman–Crippen LogP) is 6.66. The summed E-state index contributed by atoms with van der Waals surface area (Å²) in [5, 5.41) is 9.95. The summed E-state index contributed by atoms with van der Waals surface area (Å²) in [7, 11) is 3.89. The molecule has 8 rings (SSSR count). The van der Waals surface area contributed by atoms with E-state index in [9.17, 15) is 32.3 Å². The largest absolute Gasteiger partial charge is 0.416 e. The van der Waals surface area contributed by atoms with Gasteiger partial charge in [-0.3, -0.25) is 29.1 Å². The van der Waals surface area contributed by atoms with E-state index in [0.717, 1.165) is 115 Å². The highest BCUT2D eigenvalue weighted by Gasteiger charge is 2.45. The lowest BCUT2D eigenvalue weighted by atomic mass is 9.82. The van der Waals surface area contributed by atoms with Crippen LogP contribution in [0.1, 0.15) is 127 Å². The number of rotatable bonds is 19. The predicted molar refractivity (Wildman–Crippen MR) is 267 cm³/mol. The number of amides is 4. The minimum atomic E-state index is -4.53. The van der Waals surface area contributed by atoms with Gasteiger partial charge in [0.05, 0.1) is 35.1 Å². The van der Waals surface area contributed by atoms with Crippen LogP contribution >= 0.6 is 0 Å². The van der Waals surface area contributed by atoms with Crippen LogP contribution in [-0.4, -0.2) is 159 Å². The van der Waals surface area contributed by atoms with E-state index in [1.54, 1.807) is 24.3 Å². The average Bonchev–Trinajstić information content (AvgIpc) is 3.89. The number of hydrogen-bond donors (Lipinski definition) is 3. The van der Waals surface area contributed by atoms with Crippen molar-refractivity contribution in [2.45, 2.75) is 159 Å². The molecule has 0 bridgehead atoms. The summed E-state index contributed by atoms with van der Waals surface area (Å²) in [6.45, 7) is 10.8. The second-order valence-electron chi connectivity index (χ2n) is 21.2. The number of carbonyl (C=O) groups is 4. The molecule has 1 aromatic carbocycles. The molecule has 6 atom stereocenters. The second-order valence-corrected chi connectivity index (χ2v) is 21.2. The Bertz CT molecular complexity index is 2270. The van der Waals surface area contributed by atoms with Gasteiger partial charge in [0.2, 0.25) is 23.6 Å². The molecule has 3 aromatic rings. The molecular formula is C53H76F3N11O4. The quantitative estimate of drug-likeness (QED) is 0.110. The van der Waals surface area contributed by atoms with Gasteiger partial charge in [-0.05, 0) is 121 Å². The van der Waals surface area contributed by atoms with E-state index in [-0.39, 0.29) is 71.3 Å². The molecule has 15 nitrogen and oxygen atoms in total. The van der Waals surface area contributed by atoms with Gasteiger partial charge in [-0.25, -0.2) is 9.97 Å². The molecular weight excluding hydrogens is 912 g/mol. The lowest BCUT2D eigenvalue weighted by Crippen LogP contribution is -2.59. The van der Waals surface area contributed by atoms with E-state index in [2.05, 4.69) is 66.5 Å². The number of hydrogen-bond acceptors (Lipinski definition) is 11. The molecule has 3 N–H and O–H groups in total. The van der Waals surface area contributed by atoms with Gasteiger partial charge in [-0.2, -0.15) is 13.2 Å². The Morgan fingerprint density at radius 2 is 1.62 bits per heavy atom. The number of anilines is 1. The minimum Gasteiger partial charge on any atom is -0.358 e. The molecule has 2 aliphatic carbocycles. The zero-order chi connectivity index (χ0) is 50.2. The van der Waals surface area contributed by atoms with Crippen molar-refractivity contribution in [2.75, 3.05) is 65.2 Å². The van der Waals surface area contributed by atoms with Crippen molar-refractivity contribution in [3.63, 3.8) is 0 Å². The van der Waals surface area contributed by atoms with Gasteiger partial charge in [0, 0.05) is 94.6 Å². The van der Waals surface area contributed by atoms with Crippen molar-refractivity contribution in [3.05, 3.63) is 60.2 Å². The van der Waals surface area contributed by atoms with Gasteiger partial charge in [-0.1, -0.05) is 31.7 Å². The van der Waals surface area contributed by atoms with E-state index in [0.29, 0.717) is 37.1 Å². The van der Waals surface area contributed by atoms with Crippen LogP contribution in [0.15, 0.2) is 49.1 Å². The maximum absolute atomic E-state index is 14.1. The number of nitrogens with one attached hydrogen (secondary N) is 3. The van der Waals surface area contributed by atoms with Crippen LogP contribution in [0.25, 0.3) is 10.9 Å². The monoisotopic (exact) mass is 988 g/mol. The molecule has 3 aliphatic heterocycles. The van der Waals surface area contributed by atoms with E-state index in [4.69, 9.17) is 0 Å². The molecule has 5 fully saturated rings. The topological polar surface area (TPSA) is 159 Å². The van der Waals surface area contributed by atoms with Crippen LogP contribution < -0.4 is 16.0 Å². The van der Waals surface area contributed by atoms with Crippen LogP contribution in [-0.2, 0) is 25.4 Å². The van der Waals surface area contributed by atoms with Gasteiger partial charge in [0.1, 0.15) is 18.2 Å². The Balaban J connectivity index is 0.733. The van der Waals surface area contributed by atoms with Crippen molar-refractivity contribution in [1.29, 1.82) is 0 Å². The van der Waals surface area contributed by atoms with Crippen molar-refractivity contribution in [1.82, 2.24) is 50.1 Å². The van der Waals surface area contributed by atoms with Crippen molar-refractivity contribution >= 4 is 40.3 Å². The number of halogens is 3. The van der Waals surface area contributed by atoms with Crippen LogP contribution in [0, 0.1) is 11.8 Å². The van der Waals surface area contributed by atoms with Gasteiger partial charge in [-0.15, -0.1) is 0 Å². The lowest BCUT2D eigenvalue weighted by Gasteiger charge is -2.45. The first-order valence-corrected chi connectivity index (χ1v) is 26.5. The highest BCUT2D eigenvalue weighted by Crippen LogP contribution is 2.38. The minimum absolute atomic E-state index is 0.0134. The van der Waals surface area contributed by atoms with Gasteiger partial charge < -0.3 is 35.6 Å². The first-order chi connectivity index (χ1) is 34.2. The lowest BCUT2D eigenvalue weighted by molar-refractivity contribution is -0.137. The molecule has 3 saturated heterocycles. The molecule has 0 radical (unpaired) electrons. The molecule has 18 heteroatoms. The Kier molecular flexibility index (Phi) is 17.5. The third-order valence-electron chi connectivity index (χ3n) is 16.6. The molecule has 2 saturated carbocycles. The number of nitrogens with zero attached hydrogens (tertiary/aromatic N) is 8. The van der Waals surface area contributed by atoms with Crippen LogP contribution in [0.4, 0.5) is 19.0 Å². The number of aromatic nitrogens is 3. The first kappa shape index (κ1) is 52.4. The maximum atomic E-state index is 14.1. The number of likely N-dealkylation sites (tertiary alicyclic amines) is 2. The van der Waals surface area contributed by atoms with Gasteiger partial charge in [0.15, 0.2) is 0 Å². The summed E-state index contributed by atoms with van der Waals surface area (Å²) in [5.74, 6) is -0.371. The van der Waals surface area contributed by atoms with E-state index in [1.807, 2.05) is 17.0 Å². The van der Waals surface area contributed by atoms with Gasteiger partial charge >= 0.3 is 6.18 Å². The Hall–Kier alpha value is -4.94. The number of fused-ring (bicyclic) bond motifs is 1. The Morgan fingerprint density at radius 3 is 2.34 bits per heavy atom. The summed E-state index contributed by atoms with van der Waals surface area (Å²) < 4.78 is 40.9. The second kappa shape index (κ2) is 23.7. The van der Waals surface area contributed by atoms with Crippen molar-refractivity contribution in [3.8, 4) is 0 Å². The van der Waals surface area contributed by atoms with E-state index in [1.165, 1.54) is 31.7 Å². The smallest absolute Gasteiger partial charge is 0.358 e. The number of unbranched alkanes of at least 4 members (excludes halogenated alkanes) is 5. The first-order valence-electron chi connectivity index (χ1n) is 26.5. The fourth-order valence-electron chi connectivity index (χ4n) is 12.1. The molecule has 2 aromatic heterocycles. The van der Waals surface area contributed by atoms with Crippen molar-refractivity contribution in [2.24, 2.45) is 11.8 Å². The Morgan fingerprint density at radius 1 is 0.873 bits per heavy atom. The average molecular weight is 988 g/mol. The zero-order valence-electron chi connectivity index (χ0n) is 42.2. The fraction of sp³-hybridized carbons (Fsp3) is 0.679. The zero-order valence-corrected chi connectivity index (χ0v) is 42.2. The van der Waals surface area contributed by atoms with Crippen LogP contribution in [0.2, 0.25) is 0 Å². The fourth-order valence-corrected chi connectivity index (χ4v) is 12.1. The van der Waals surface area contributed by atoms with Crippen LogP contribution in [0.3, 0.4) is 0 Å². The SMILES string of the molecule is CC(C)N(C)[C@@H]1CC[C@H](N2CC[C@H](Nc3ncnc4ccc(C(F)(F)F)cc34)C2=O)[C@H](NC(=O)[C@H]2CC[C@@H](N3CCN(CCCCCCCCNC(=O)[C@H]4CC(=O)N(C)[C@@H]4c4cccnc4)CC3)CC2)C1. The highest BCUT2D eigenvalue weighted by atomic mass is 19.4. The summed E-state index contributed by atoms with van der Waals surface area (Å²) in [4.78, 5) is 77.6. The summed E-state index contributed by atoms with van der Waals surface area (Å²) in [5.41, 5.74) is 0.452. The van der Waals surface area contributed by atoms with E-state index >= 15 is 0 Å². The summed E-state index contributed by atoms with van der Waals surface area (Å²) >= 11 is 0. The van der Waals surface area contributed by atoms with Crippen LogP contribution in [0.5, 0.6) is 0 Å². The molecule has 5 heterocycles. The molecule has 0 spiro atoms. The number of benzene rings is 1.